The molecule has 0 aliphatic carbocycles. The Morgan fingerprint density at radius 3 is 3.00 bits per heavy atom. The van der Waals surface area contributed by atoms with Crippen LogP contribution in [0.15, 0.2) is 11.0 Å². The third kappa shape index (κ3) is 2.17. The second-order valence-electron chi connectivity index (χ2n) is 4.11. The summed E-state index contributed by atoms with van der Waals surface area (Å²) in [6.07, 6.45) is -0.0291. The van der Waals surface area contributed by atoms with Crippen LogP contribution >= 0.6 is 0 Å². The van der Waals surface area contributed by atoms with Gasteiger partial charge in [0.25, 0.3) is 5.56 Å². The minimum atomic E-state index is -0.746. The van der Waals surface area contributed by atoms with Crippen LogP contribution < -0.4 is 11.3 Å². The van der Waals surface area contributed by atoms with Crippen LogP contribution in [-0.2, 0) is 4.74 Å². The van der Waals surface area contributed by atoms with E-state index in [0.29, 0.717) is 12.0 Å². The number of anilines is 1. The van der Waals surface area contributed by atoms with Crippen molar-refractivity contribution in [2.45, 2.75) is 31.8 Å². The van der Waals surface area contributed by atoms with Crippen molar-refractivity contribution in [3.05, 3.63) is 22.1 Å². The normalized spacial score (nSPS) is 28.5. The molecule has 2 heterocycles. The molecule has 2 rings (SSSR count). The second-order valence-corrected chi connectivity index (χ2v) is 4.11. The van der Waals surface area contributed by atoms with E-state index in [-0.39, 0.29) is 18.1 Å². The Kier molecular flexibility index (Phi) is 3.14. The van der Waals surface area contributed by atoms with Gasteiger partial charge in [-0.1, -0.05) is 0 Å². The minimum absolute atomic E-state index is 0.0383. The first kappa shape index (κ1) is 12.0. The fraction of sp³-hybridized carbons (Fsp3) is 0.600. The van der Waals surface area contributed by atoms with Gasteiger partial charge in [-0.05, 0) is 6.92 Å². The molecular weight excluding hydrogens is 226 g/mol. The number of nitrogen functional groups attached to an aromatic ring is 1. The Balaban J connectivity index is 2.30. The monoisotopic (exact) mass is 241 g/mol. The summed E-state index contributed by atoms with van der Waals surface area (Å²) in [6.45, 7) is 1.37. The van der Waals surface area contributed by atoms with E-state index in [0.717, 1.165) is 0 Å². The Morgan fingerprint density at radius 2 is 2.41 bits per heavy atom. The van der Waals surface area contributed by atoms with Gasteiger partial charge in [-0.15, -0.1) is 0 Å². The molecule has 3 atom stereocenters. The third-order valence-electron chi connectivity index (χ3n) is 2.85. The van der Waals surface area contributed by atoms with Crippen molar-refractivity contribution in [2.24, 2.45) is 0 Å². The van der Waals surface area contributed by atoms with Crippen LogP contribution in [0.3, 0.4) is 0 Å². The van der Waals surface area contributed by atoms with Crippen molar-refractivity contribution in [2.75, 3.05) is 12.3 Å². The maximum Gasteiger partial charge on any atom is 0.277 e. The quantitative estimate of drug-likeness (QED) is 0.598. The molecule has 1 fully saturated rings. The van der Waals surface area contributed by atoms with Gasteiger partial charge in [-0.2, -0.15) is 4.98 Å². The number of hydrogen-bond donors (Lipinski definition) is 3. The molecule has 0 bridgehead atoms. The summed E-state index contributed by atoms with van der Waals surface area (Å²) in [5.74, 6) is 0.0383. The van der Waals surface area contributed by atoms with Gasteiger partial charge in [0.1, 0.15) is 12.3 Å². The number of rotatable bonds is 2. The minimum Gasteiger partial charge on any atom is -0.394 e. The number of aliphatic hydroxyl groups excluding tert-OH is 2. The molecule has 1 aliphatic heterocycles. The van der Waals surface area contributed by atoms with Crippen LogP contribution in [-0.4, -0.2) is 38.6 Å². The van der Waals surface area contributed by atoms with Crippen LogP contribution in [0.25, 0.3) is 0 Å². The molecule has 17 heavy (non-hydrogen) atoms. The zero-order valence-corrected chi connectivity index (χ0v) is 9.41. The van der Waals surface area contributed by atoms with Crippen molar-refractivity contribution < 1.29 is 14.9 Å². The lowest BCUT2D eigenvalue weighted by molar-refractivity contribution is -0.0440. The summed E-state index contributed by atoms with van der Waals surface area (Å²) in [6, 6.07) is 0. The van der Waals surface area contributed by atoms with Crippen molar-refractivity contribution in [3.8, 4) is 0 Å². The number of ether oxygens (including phenoxy) is 1. The standard InChI is InChI=1S/C10H15N3O4/c1-5-3-13(10(11)12-9(5)16)8-2-6(15)7(4-14)17-8/h3,6-8,14-15H,2,4H2,1H3,(H2,11,12,16)/t6-,7+,8?/m1/s1. The number of aryl methyl sites for hydroxylation is 1. The molecule has 94 valence electrons. The van der Waals surface area contributed by atoms with Crippen LogP contribution in [0.2, 0.25) is 0 Å². The van der Waals surface area contributed by atoms with Crippen LogP contribution in [0, 0.1) is 6.92 Å². The molecule has 0 saturated carbocycles. The van der Waals surface area contributed by atoms with Crippen LogP contribution in [0.1, 0.15) is 18.2 Å². The Labute approximate surface area is 97.5 Å². The average molecular weight is 241 g/mol. The lowest BCUT2D eigenvalue weighted by Crippen LogP contribution is -2.25. The molecule has 1 aromatic heterocycles. The molecule has 0 aromatic carbocycles. The van der Waals surface area contributed by atoms with Gasteiger partial charge in [-0.3, -0.25) is 9.36 Å². The molecule has 0 spiro atoms. The predicted molar refractivity (Wildman–Crippen MR) is 59.3 cm³/mol. The lowest BCUT2D eigenvalue weighted by Gasteiger charge is -2.17. The molecule has 7 heteroatoms. The van der Waals surface area contributed by atoms with E-state index in [1.54, 1.807) is 13.1 Å². The first-order valence-electron chi connectivity index (χ1n) is 5.32. The summed E-state index contributed by atoms with van der Waals surface area (Å²) in [7, 11) is 0. The average Bonchev–Trinajstić information content (AvgIpc) is 2.65. The molecular formula is C10H15N3O4. The van der Waals surface area contributed by atoms with Crippen molar-refractivity contribution in [1.82, 2.24) is 9.55 Å². The van der Waals surface area contributed by atoms with Gasteiger partial charge in [-0.25, -0.2) is 0 Å². The van der Waals surface area contributed by atoms with Crippen molar-refractivity contribution in [3.63, 3.8) is 0 Å². The number of hydrogen-bond acceptors (Lipinski definition) is 6. The van der Waals surface area contributed by atoms with Gasteiger partial charge in [0.15, 0.2) is 0 Å². The Bertz CT molecular complexity index is 473. The summed E-state index contributed by atoms with van der Waals surface area (Å²) in [5, 5.41) is 18.6. The molecule has 1 saturated heterocycles. The fourth-order valence-electron chi connectivity index (χ4n) is 1.86. The van der Waals surface area contributed by atoms with Gasteiger partial charge >= 0.3 is 0 Å². The highest BCUT2D eigenvalue weighted by Gasteiger charge is 2.34. The van der Waals surface area contributed by atoms with E-state index in [1.807, 2.05) is 0 Å². The summed E-state index contributed by atoms with van der Waals surface area (Å²) in [5.41, 5.74) is 5.70. The van der Waals surface area contributed by atoms with Gasteiger partial charge < -0.3 is 20.7 Å². The van der Waals surface area contributed by atoms with Crippen LogP contribution in [0.4, 0.5) is 5.95 Å². The summed E-state index contributed by atoms with van der Waals surface area (Å²) >= 11 is 0. The van der Waals surface area contributed by atoms with Crippen LogP contribution in [0.5, 0.6) is 0 Å². The van der Waals surface area contributed by atoms with Gasteiger partial charge in [0.2, 0.25) is 5.95 Å². The molecule has 7 nitrogen and oxygen atoms in total. The number of nitrogens with zero attached hydrogens (tertiary/aromatic N) is 2. The van der Waals surface area contributed by atoms with E-state index in [9.17, 15) is 9.90 Å². The largest absolute Gasteiger partial charge is 0.394 e. The molecule has 0 amide bonds. The lowest BCUT2D eigenvalue weighted by atomic mass is 10.2. The van der Waals surface area contributed by atoms with Gasteiger partial charge in [0, 0.05) is 18.2 Å². The van der Waals surface area contributed by atoms with E-state index < -0.39 is 18.4 Å². The Hall–Kier alpha value is -1.44. The number of aliphatic hydroxyl groups is 2. The van der Waals surface area contributed by atoms with E-state index >= 15 is 0 Å². The number of aromatic nitrogens is 2. The topological polar surface area (TPSA) is 111 Å². The summed E-state index contributed by atoms with van der Waals surface area (Å²) in [4.78, 5) is 14.9. The predicted octanol–water partition coefficient (Wildman–Crippen LogP) is -1.23. The van der Waals surface area contributed by atoms with Gasteiger partial charge in [0.05, 0.1) is 12.7 Å². The second kappa shape index (κ2) is 4.44. The SMILES string of the molecule is Cc1cn(C2C[C@@H](O)[C@H](CO)O2)c(N)nc1=O. The maximum atomic E-state index is 11.3. The van der Waals surface area contributed by atoms with E-state index in [4.69, 9.17) is 15.6 Å². The fourth-order valence-corrected chi connectivity index (χ4v) is 1.86. The summed E-state index contributed by atoms with van der Waals surface area (Å²) < 4.78 is 6.92. The van der Waals surface area contributed by atoms with E-state index in [2.05, 4.69) is 4.98 Å². The molecule has 1 aromatic rings. The maximum absolute atomic E-state index is 11.3. The molecule has 1 unspecified atom stereocenters. The van der Waals surface area contributed by atoms with Crippen molar-refractivity contribution >= 4 is 5.95 Å². The molecule has 1 aliphatic rings. The first-order valence-corrected chi connectivity index (χ1v) is 5.32. The van der Waals surface area contributed by atoms with E-state index in [1.165, 1.54) is 4.57 Å². The molecule has 0 radical (unpaired) electrons. The number of nitrogens with two attached hydrogens (primary N) is 1. The Morgan fingerprint density at radius 1 is 1.71 bits per heavy atom. The highest BCUT2D eigenvalue weighted by Crippen LogP contribution is 2.29. The first-order chi connectivity index (χ1) is 8.02. The molecule has 4 N–H and O–H groups in total. The highest BCUT2D eigenvalue weighted by molar-refractivity contribution is 5.21. The van der Waals surface area contributed by atoms with Crippen molar-refractivity contribution in [1.29, 1.82) is 0 Å². The zero-order chi connectivity index (χ0) is 12.6. The smallest absolute Gasteiger partial charge is 0.277 e. The third-order valence-corrected chi connectivity index (χ3v) is 2.85. The zero-order valence-electron chi connectivity index (χ0n) is 9.41. The highest BCUT2D eigenvalue weighted by atomic mass is 16.5.